The smallest absolute Gasteiger partial charge is 0.191 e. The van der Waals surface area contributed by atoms with E-state index in [-0.39, 0.29) is 0 Å². The van der Waals surface area contributed by atoms with Gasteiger partial charge >= 0.3 is 0 Å². The van der Waals surface area contributed by atoms with Crippen LogP contribution in [0.15, 0.2) is 28.3 Å². The number of guanidine groups is 1. The van der Waals surface area contributed by atoms with Crippen molar-refractivity contribution in [3.8, 4) is 0 Å². The van der Waals surface area contributed by atoms with Gasteiger partial charge in [-0.15, -0.1) is 0 Å². The van der Waals surface area contributed by atoms with E-state index in [1.165, 1.54) is 25.7 Å². The van der Waals surface area contributed by atoms with E-state index in [1.54, 1.807) is 12.6 Å². The molecule has 0 aromatic heterocycles. The molecule has 0 aliphatic heterocycles. The molecule has 1 rings (SSSR count). The highest BCUT2D eigenvalue weighted by atomic mass is 35.5. The summed E-state index contributed by atoms with van der Waals surface area (Å²) in [4.78, 5) is 4.12. The minimum atomic E-state index is 0.546. The van der Waals surface area contributed by atoms with E-state index in [0.717, 1.165) is 18.9 Å². The maximum absolute atomic E-state index is 5.69. The zero-order valence-electron chi connectivity index (χ0n) is 10.6. The number of nitrogens with one attached hydrogen (secondary N) is 2. The van der Waals surface area contributed by atoms with Crippen LogP contribution in [0.25, 0.3) is 0 Å². The maximum atomic E-state index is 5.69. The van der Waals surface area contributed by atoms with Crippen LogP contribution in [-0.4, -0.2) is 26.1 Å². The average molecular weight is 256 g/mol. The Morgan fingerprint density at radius 2 is 2.29 bits per heavy atom. The fourth-order valence-corrected chi connectivity index (χ4v) is 1.94. The predicted molar refractivity (Wildman–Crippen MR) is 75.5 cm³/mol. The quantitative estimate of drug-likeness (QED) is 0.450. The Balaban J connectivity index is 2.19. The molecule has 0 saturated heterocycles. The molecule has 17 heavy (non-hydrogen) atoms. The van der Waals surface area contributed by atoms with E-state index in [4.69, 9.17) is 11.6 Å². The van der Waals surface area contributed by atoms with Crippen molar-refractivity contribution in [2.24, 2.45) is 4.99 Å². The van der Waals surface area contributed by atoms with Gasteiger partial charge in [-0.1, -0.05) is 29.8 Å². The van der Waals surface area contributed by atoms with Gasteiger partial charge in [0, 0.05) is 18.6 Å². The highest BCUT2D eigenvalue weighted by Crippen LogP contribution is 2.19. The van der Waals surface area contributed by atoms with Gasteiger partial charge in [0.25, 0.3) is 0 Å². The van der Waals surface area contributed by atoms with Crippen molar-refractivity contribution in [2.45, 2.75) is 32.1 Å². The zero-order chi connectivity index (χ0) is 12.5. The molecule has 0 fully saturated rings. The summed E-state index contributed by atoms with van der Waals surface area (Å²) in [5.41, 5.74) is 1.57. The largest absolute Gasteiger partial charge is 0.356 e. The summed E-state index contributed by atoms with van der Waals surface area (Å²) in [5, 5.41) is 6.95. The van der Waals surface area contributed by atoms with Crippen molar-refractivity contribution in [1.29, 1.82) is 0 Å². The van der Waals surface area contributed by atoms with Crippen molar-refractivity contribution < 1.29 is 0 Å². The van der Waals surface area contributed by atoms with Crippen LogP contribution in [0.2, 0.25) is 0 Å². The van der Waals surface area contributed by atoms with Crippen LogP contribution in [-0.2, 0) is 0 Å². The van der Waals surface area contributed by atoms with E-state index < -0.39 is 0 Å². The molecule has 0 radical (unpaired) electrons. The first-order valence-electron chi connectivity index (χ1n) is 6.18. The number of hydrogen-bond acceptors (Lipinski definition) is 1. The number of allylic oxidation sites excluding steroid dienone is 1. The Hall–Kier alpha value is -0.960. The minimum absolute atomic E-state index is 0.546. The molecule has 0 spiro atoms. The van der Waals surface area contributed by atoms with E-state index >= 15 is 0 Å². The Labute approximate surface area is 109 Å². The number of nitrogens with zero attached hydrogens (tertiary/aromatic N) is 1. The molecule has 0 aromatic rings. The molecule has 0 saturated carbocycles. The van der Waals surface area contributed by atoms with Crippen LogP contribution >= 0.6 is 11.6 Å². The lowest BCUT2D eigenvalue weighted by Gasteiger charge is -2.15. The molecule has 2 N–H and O–H groups in total. The third kappa shape index (κ3) is 6.37. The van der Waals surface area contributed by atoms with Crippen LogP contribution in [0.5, 0.6) is 0 Å². The molecule has 1 aliphatic carbocycles. The van der Waals surface area contributed by atoms with Crippen LogP contribution in [0.4, 0.5) is 0 Å². The topological polar surface area (TPSA) is 36.4 Å². The van der Waals surface area contributed by atoms with E-state index in [2.05, 4.69) is 28.3 Å². The average Bonchev–Trinajstić information content (AvgIpc) is 2.34. The Kier molecular flexibility index (Phi) is 6.78. The van der Waals surface area contributed by atoms with Crippen LogP contribution in [0, 0.1) is 0 Å². The Bertz CT molecular complexity index is 308. The lowest BCUT2D eigenvalue weighted by atomic mass is 9.97. The lowest BCUT2D eigenvalue weighted by molar-refractivity contribution is 0.666. The predicted octanol–water partition coefficient (Wildman–Crippen LogP) is 2.79. The molecular formula is C13H22ClN3. The molecule has 0 amide bonds. The monoisotopic (exact) mass is 255 g/mol. The van der Waals surface area contributed by atoms with Crippen LogP contribution < -0.4 is 10.6 Å². The third-order valence-electron chi connectivity index (χ3n) is 2.79. The second-order valence-corrected chi connectivity index (χ2v) is 4.76. The van der Waals surface area contributed by atoms with Gasteiger partial charge < -0.3 is 10.6 Å². The summed E-state index contributed by atoms with van der Waals surface area (Å²) in [6, 6.07) is 0. The second kappa shape index (κ2) is 8.18. The summed E-state index contributed by atoms with van der Waals surface area (Å²) in [6.45, 7) is 5.09. The summed E-state index contributed by atoms with van der Waals surface area (Å²) < 4.78 is 0. The second-order valence-electron chi connectivity index (χ2n) is 4.23. The lowest BCUT2D eigenvalue weighted by Crippen LogP contribution is -2.38. The SMILES string of the molecule is C=C(Cl)CNC(=NC)NCCC1=CCCCC1. The van der Waals surface area contributed by atoms with E-state index in [1.807, 2.05) is 0 Å². The third-order valence-corrected chi connectivity index (χ3v) is 2.93. The molecule has 0 bridgehead atoms. The van der Waals surface area contributed by atoms with Crippen LogP contribution in [0.1, 0.15) is 32.1 Å². The van der Waals surface area contributed by atoms with Gasteiger partial charge in [0.15, 0.2) is 5.96 Å². The van der Waals surface area contributed by atoms with Crippen molar-refractivity contribution in [3.63, 3.8) is 0 Å². The highest BCUT2D eigenvalue weighted by molar-refractivity contribution is 6.29. The molecule has 0 heterocycles. The van der Waals surface area contributed by atoms with Gasteiger partial charge in [0.1, 0.15) is 0 Å². The fourth-order valence-electron chi connectivity index (χ4n) is 1.87. The summed E-state index contributed by atoms with van der Waals surface area (Å²) in [5.74, 6) is 0.781. The van der Waals surface area contributed by atoms with Crippen molar-refractivity contribution in [3.05, 3.63) is 23.3 Å². The first kappa shape index (κ1) is 14.1. The van der Waals surface area contributed by atoms with Gasteiger partial charge in [-0.3, -0.25) is 4.99 Å². The first-order chi connectivity index (χ1) is 8.22. The molecular weight excluding hydrogens is 234 g/mol. The summed E-state index contributed by atoms with van der Waals surface area (Å²) in [7, 11) is 1.76. The molecule has 3 nitrogen and oxygen atoms in total. The van der Waals surface area contributed by atoms with E-state index in [0.29, 0.717) is 11.6 Å². The molecule has 0 aromatic carbocycles. The zero-order valence-corrected chi connectivity index (χ0v) is 11.3. The van der Waals surface area contributed by atoms with Crippen molar-refractivity contribution in [1.82, 2.24) is 10.6 Å². The maximum Gasteiger partial charge on any atom is 0.191 e. The van der Waals surface area contributed by atoms with Crippen LogP contribution in [0.3, 0.4) is 0 Å². The number of hydrogen-bond donors (Lipinski definition) is 2. The minimum Gasteiger partial charge on any atom is -0.356 e. The van der Waals surface area contributed by atoms with Gasteiger partial charge in [-0.25, -0.2) is 0 Å². The normalized spacial score (nSPS) is 16.4. The van der Waals surface area contributed by atoms with Gasteiger partial charge in [0.05, 0.1) is 6.54 Å². The highest BCUT2D eigenvalue weighted by Gasteiger charge is 2.03. The molecule has 0 unspecified atom stereocenters. The number of aliphatic imine (C=N–C) groups is 1. The first-order valence-corrected chi connectivity index (χ1v) is 6.56. The van der Waals surface area contributed by atoms with E-state index in [9.17, 15) is 0 Å². The van der Waals surface area contributed by atoms with Gasteiger partial charge in [-0.05, 0) is 32.1 Å². The Morgan fingerprint density at radius 1 is 1.47 bits per heavy atom. The van der Waals surface area contributed by atoms with Gasteiger partial charge in [0.2, 0.25) is 0 Å². The molecule has 1 aliphatic rings. The fraction of sp³-hybridized carbons (Fsp3) is 0.615. The number of rotatable bonds is 5. The molecule has 0 atom stereocenters. The Morgan fingerprint density at radius 3 is 2.88 bits per heavy atom. The van der Waals surface area contributed by atoms with Crippen molar-refractivity contribution in [2.75, 3.05) is 20.1 Å². The van der Waals surface area contributed by atoms with Crippen molar-refractivity contribution >= 4 is 17.6 Å². The standard InChI is InChI=1S/C13H22ClN3/c1-11(14)10-17-13(15-2)16-9-8-12-6-4-3-5-7-12/h6H,1,3-5,7-10H2,2H3,(H2,15,16,17). The molecule has 4 heteroatoms. The summed E-state index contributed by atoms with van der Waals surface area (Å²) in [6.07, 6.45) is 8.66. The van der Waals surface area contributed by atoms with Gasteiger partial charge in [-0.2, -0.15) is 0 Å². The molecule has 96 valence electrons. The summed E-state index contributed by atoms with van der Waals surface area (Å²) >= 11 is 5.69. The number of halogens is 1.